The third kappa shape index (κ3) is 10.2. The Hall–Kier alpha value is -3.60. The van der Waals surface area contributed by atoms with Crippen LogP contribution in [0.5, 0.6) is 11.5 Å². The average Bonchev–Trinajstić information content (AvgIpc) is 2.86. The molecule has 0 fully saturated rings. The van der Waals surface area contributed by atoms with E-state index in [9.17, 15) is 28.5 Å². The first-order chi connectivity index (χ1) is 18.3. The van der Waals surface area contributed by atoms with Crippen molar-refractivity contribution < 1.29 is 28.5 Å². The molecule has 3 rings (SSSR count). The summed E-state index contributed by atoms with van der Waals surface area (Å²) >= 11 is 0. The van der Waals surface area contributed by atoms with Gasteiger partial charge in [-0.1, -0.05) is 42.5 Å². The Morgan fingerprint density at radius 1 is 0.949 bits per heavy atom. The van der Waals surface area contributed by atoms with Gasteiger partial charge in [0.05, 0.1) is 18.0 Å². The zero-order valence-electron chi connectivity index (χ0n) is 22.4. The minimum atomic E-state index is -3.58. The third-order valence-electron chi connectivity index (χ3n) is 6.18. The first kappa shape index (κ1) is 29.9. The molecule has 0 saturated carbocycles. The summed E-state index contributed by atoms with van der Waals surface area (Å²) in [6, 6.07) is 19.1. The fraction of sp³-hybridized carbons (Fsp3) is 0.345. The van der Waals surface area contributed by atoms with Crippen LogP contribution in [0.4, 0.5) is 5.69 Å². The second kappa shape index (κ2) is 13.0. The minimum absolute atomic E-state index is 0.0116. The lowest BCUT2D eigenvalue weighted by Gasteiger charge is -2.28. The van der Waals surface area contributed by atoms with Crippen molar-refractivity contribution in [2.45, 2.75) is 51.3 Å². The fourth-order valence-corrected chi connectivity index (χ4v) is 4.73. The van der Waals surface area contributed by atoms with Crippen LogP contribution in [0.1, 0.15) is 48.6 Å². The van der Waals surface area contributed by atoms with E-state index in [-0.39, 0.29) is 35.2 Å². The highest BCUT2D eigenvalue weighted by Gasteiger charge is 2.21. The third-order valence-corrected chi connectivity index (χ3v) is 6.77. The predicted octanol–water partition coefficient (Wildman–Crippen LogP) is 3.36. The standard InChI is InChI=1S/C29H37N3O6S/c1-29(2,31-19-27(35)23-10-13-26(34)25(16-23)32-39(3,37)38)17-21-5-4-6-22(15-21)18-30-28(36)14-9-20-7-11-24(33)12-8-20/h4-8,10-13,15-16,27,31-35H,9,14,17-19H2,1-3H3,(H,30,36)/t27-/m1/s1. The summed E-state index contributed by atoms with van der Waals surface area (Å²) < 4.78 is 25.3. The van der Waals surface area contributed by atoms with Gasteiger partial charge in [0, 0.05) is 25.0 Å². The number of carbonyl (C=O) groups excluding carboxylic acids is 1. The SMILES string of the molecule is CC(C)(Cc1cccc(CNC(=O)CCc2ccc(O)cc2)c1)NC[C@@H](O)c1ccc(O)c(NS(C)(=O)=O)c1. The van der Waals surface area contributed by atoms with Gasteiger partial charge in [0.15, 0.2) is 0 Å². The zero-order valence-corrected chi connectivity index (χ0v) is 23.3. The molecule has 39 heavy (non-hydrogen) atoms. The van der Waals surface area contributed by atoms with Gasteiger partial charge in [0.2, 0.25) is 15.9 Å². The number of aromatic hydroxyl groups is 2. The molecule has 1 atom stereocenters. The molecule has 0 radical (unpaired) electrons. The number of benzene rings is 3. The summed E-state index contributed by atoms with van der Waals surface area (Å²) in [6.07, 6.45) is 1.68. The number of aryl methyl sites for hydroxylation is 1. The van der Waals surface area contributed by atoms with E-state index in [1.807, 2.05) is 38.1 Å². The van der Waals surface area contributed by atoms with Crippen LogP contribution < -0.4 is 15.4 Å². The van der Waals surface area contributed by atoms with Crippen LogP contribution in [0.15, 0.2) is 66.7 Å². The molecule has 0 saturated heterocycles. The molecule has 210 valence electrons. The Bertz CT molecular complexity index is 1370. The van der Waals surface area contributed by atoms with Crippen LogP contribution in [0.25, 0.3) is 0 Å². The van der Waals surface area contributed by atoms with Crippen molar-refractivity contribution in [1.82, 2.24) is 10.6 Å². The van der Waals surface area contributed by atoms with Crippen LogP contribution in [-0.2, 0) is 34.2 Å². The van der Waals surface area contributed by atoms with Gasteiger partial charge in [-0.3, -0.25) is 9.52 Å². The van der Waals surface area contributed by atoms with Gasteiger partial charge in [-0.2, -0.15) is 0 Å². The van der Waals surface area contributed by atoms with Crippen LogP contribution in [0.3, 0.4) is 0 Å². The van der Waals surface area contributed by atoms with Gasteiger partial charge in [0.25, 0.3) is 0 Å². The van der Waals surface area contributed by atoms with Crippen LogP contribution in [-0.4, -0.2) is 48.0 Å². The van der Waals surface area contributed by atoms with E-state index in [1.54, 1.807) is 30.3 Å². The van der Waals surface area contributed by atoms with Crippen molar-refractivity contribution in [2.24, 2.45) is 0 Å². The molecule has 10 heteroatoms. The zero-order chi connectivity index (χ0) is 28.6. The number of amides is 1. The fourth-order valence-electron chi connectivity index (χ4n) is 4.17. The summed E-state index contributed by atoms with van der Waals surface area (Å²) in [5, 5.41) is 36.3. The molecule has 0 heterocycles. The Morgan fingerprint density at radius 2 is 1.64 bits per heavy atom. The lowest BCUT2D eigenvalue weighted by atomic mass is 9.93. The van der Waals surface area contributed by atoms with E-state index < -0.39 is 16.1 Å². The average molecular weight is 556 g/mol. The van der Waals surface area contributed by atoms with Gasteiger partial charge in [-0.25, -0.2) is 8.42 Å². The first-order valence-corrected chi connectivity index (χ1v) is 14.5. The summed E-state index contributed by atoms with van der Waals surface area (Å²) in [6.45, 7) is 4.67. The lowest BCUT2D eigenvalue weighted by molar-refractivity contribution is -0.121. The Kier molecular flexibility index (Phi) is 9.96. The molecule has 0 unspecified atom stereocenters. The second-order valence-corrected chi connectivity index (χ2v) is 12.1. The van der Waals surface area contributed by atoms with Crippen LogP contribution >= 0.6 is 0 Å². The van der Waals surface area contributed by atoms with E-state index >= 15 is 0 Å². The molecule has 1 amide bonds. The van der Waals surface area contributed by atoms with Crippen molar-refractivity contribution in [3.63, 3.8) is 0 Å². The van der Waals surface area contributed by atoms with E-state index in [4.69, 9.17) is 0 Å². The largest absolute Gasteiger partial charge is 0.508 e. The maximum Gasteiger partial charge on any atom is 0.229 e. The molecular weight excluding hydrogens is 518 g/mol. The molecule has 9 nitrogen and oxygen atoms in total. The van der Waals surface area contributed by atoms with Crippen molar-refractivity contribution in [1.29, 1.82) is 0 Å². The van der Waals surface area contributed by atoms with Crippen molar-refractivity contribution in [3.8, 4) is 11.5 Å². The Morgan fingerprint density at radius 3 is 2.33 bits per heavy atom. The predicted molar refractivity (Wildman–Crippen MR) is 152 cm³/mol. The topological polar surface area (TPSA) is 148 Å². The van der Waals surface area contributed by atoms with Gasteiger partial charge in [-0.15, -0.1) is 0 Å². The summed E-state index contributed by atoms with van der Waals surface area (Å²) in [5.41, 5.74) is 3.14. The van der Waals surface area contributed by atoms with Gasteiger partial charge in [0.1, 0.15) is 11.5 Å². The number of hydrogen-bond acceptors (Lipinski definition) is 7. The number of carbonyl (C=O) groups is 1. The highest BCUT2D eigenvalue weighted by Crippen LogP contribution is 2.28. The van der Waals surface area contributed by atoms with E-state index in [0.29, 0.717) is 31.4 Å². The number of hydrogen-bond donors (Lipinski definition) is 6. The molecule has 0 spiro atoms. The smallest absolute Gasteiger partial charge is 0.229 e. The number of nitrogens with one attached hydrogen (secondary N) is 3. The number of aliphatic hydroxyl groups is 1. The number of β-amino-alcohol motifs (C(OH)–C–C–N with tert-alkyl or cyclic N) is 1. The van der Waals surface area contributed by atoms with E-state index in [2.05, 4.69) is 15.4 Å². The molecule has 0 aliphatic heterocycles. The highest BCUT2D eigenvalue weighted by atomic mass is 32.2. The Balaban J connectivity index is 1.51. The Labute approximate surface area is 230 Å². The monoisotopic (exact) mass is 555 g/mol. The van der Waals surface area contributed by atoms with Crippen molar-refractivity contribution in [2.75, 3.05) is 17.5 Å². The number of aliphatic hydroxyl groups excluding tert-OH is 1. The molecule has 0 aromatic heterocycles. The van der Waals surface area contributed by atoms with Crippen LogP contribution in [0, 0.1) is 0 Å². The van der Waals surface area contributed by atoms with Gasteiger partial charge >= 0.3 is 0 Å². The highest BCUT2D eigenvalue weighted by molar-refractivity contribution is 7.92. The van der Waals surface area contributed by atoms with Gasteiger partial charge < -0.3 is 26.0 Å². The maximum atomic E-state index is 12.3. The van der Waals surface area contributed by atoms with Crippen LogP contribution in [0.2, 0.25) is 0 Å². The molecule has 3 aromatic carbocycles. The molecule has 6 N–H and O–H groups in total. The van der Waals surface area contributed by atoms with E-state index in [0.717, 1.165) is 22.9 Å². The normalized spacial score (nSPS) is 12.6. The maximum absolute atomic E-state index is 12.3. The summed E-state index contributed by atoms with van der Waals surface area (Å²) in [5.74, 6) is -0.0697. The molecule has 0 aliphatic carbocycles. The van der Waals surface area contributed by atoms with E-state index in [1.165, 1.54) is 12.1 Å². The first-order valence-electron chi connectivity index (χ1n) is 12.7. The number of rotatable bonds is 13. The number of phenols is 2. The number of anilines is 1. The molecular formula is C29H37N3O6S. The number of sulfonamides is 1. The minimum Gasteiger partial charge on any atom is -0.508 e. The quantitative estimate of drug-likeness (QED) is 0.177. The summed E-state index contributed by atoms with van der Waals surface area (Å²) in [4.78, 5) is 12.3. The number of phenolic OH excluding ortho intramolecular Hbond substituents is 2. The molecule has 3 aromatic rings. The molecule has 0 aliphatic rings. The summed E-state index contributed by atoms with van der Waals surface area (Å²) in [7, 11) is -3.58. The lowest BCUT2D eigenvalue weighted by Crippen LogP contribution is -2.43. The van der Waals surface area contributed by atoms with Crippen molar-refractivity contribution in [3.05, 3.63) is 89.0 Å². The van der Waals surface area contributed by atoms with Gasteiger partial charge in [-0.05, 0) is 73.2 Å². The van der Waals surface area contributed by atoms with Crippen molar-refractivity contribution >= 4 is 21.6 Å². The second-order valence-electron chi connectivity index (χ2n) is 10.4. The molecule has 0 bridgehead atoms.